The van der Waals surface area contributed by atoms with E-state index in [1.165, 1.54) is 24.5 Å². The molecule has 180 valence electrons. The first kappa shape index (κ1) is 25.1. The Hall–Kier alpha value is -3.55. The summed E-state index contributed by atoms with van der Waals surface area (Å²) in [5.41, 5.74) is 2.05. The number of esters is 2. The van der Waals surface area contributed by atoms with Crippen molar-refractivity contribution in [3.63, 3.8) is 0 Å². The van der Waals surface area contributed by atoms with Gasteiger partial charge in [0.2, 0.25) is 0 Å². The number of hydrogen-bond donors (Lipinski definition) is 0. The minimum absolute atomic E-state index is 0.0324. The number of aryl methyl sites for hydroxylation is 2. The van der Waals surface area contributed by atoms with Crippen LogP contribution < -0.4 is 4.90 Å². The zero-order chi connectivity index (χ0) is 25.0. The van der Waals surface area contributed by atoms with Crippen molar-refractivity contribution in [3.8, 4) is 0 Å². The lowest BCUT2D eigenvalue weighted by atomic mass is 9.82. The van der Waals surface area contributed by atoms with Crippen LogP contribution in [-0.4, -0.2) is 25.2 Å². The molecule has 0 spiro atoms. The Morgan fingerprint density at radius 1 is 0.882 bits per heavy atom. The normalized spacial score (nSPS) is 14.4. The number of benzene rings is 2. The summed E-state index contributed by atoms with van der Waals surface area (Å²) in [6.07, 6.45) is -1.59. The monoisotopic (exact) mass is 473 g/mol. The average molecular weight is 473 g/mol. The summed E-state index contributed by atoms with van der Waals surface area (Å²) in [4.78, 5) is 27.5. The summed E-state index contributed by atoms with van der Waals surface area (Å²) < 4.78 is 50.7. The first-order valence-electron chi connectivity index (χ1n) is 10.9. The molecule has 0 fully saturated rings. The predicted molar refractivity (Wildman–Crippen MR) is 122 cm³/mol. The molecular weight excluding hydrogens is 447 g/mol. The number of ether oxygens (including phenoxy) is 2. The number of nitrogens with zero attached hydrogens (tertiary/aromatic N) is 1. The van der Waals surface area contributed by atoms with Crippen LogP contribution in [0.2, 0.25) is 0 Å². The average Bonchev–Trinajstić information content (AvgIpc) is 2.80. The van der Waals surface area contributed by atoms with Gasteiger partial charge >= 0.3 is 18.1 Å². The third kappa shape index (κ3) is 5.32. The van der Waals surface area contributed by atoms with Crippen molar-refractivity contribution in [2.45, 2.75) is 39.8 Å². The van der Waals surface area contributed by atoms with Crippen molar-refractivity contribution in [1.29, 1.82) is 0 Å². The Morgan fingerprint density at radius 2 is 1.47 bits per heavy atom. The molecule has 0 unspecified atom stereocenters. The largest absolute Gasteiger partial charge is 0.463 e. The number of alkyl halides is 3. The zero-order valence-corrected chi connectivity index (χ0v) is 19.4. The zero-order valence-electron chi connectivity index (χ0n) is 19.4. The molecule has 2 aromatic rings. The maximum atomic E-state index is 13.4. The van der Waals surface area contributed by atoms with E-state index in [1.54, 1.807) is 18.7 Å². The molecule has 2 aromatic carbocycles. The van der Waals surface area contributed by atoms with Crippen LogP contribution in [0.3, 0.4) is 0 Å². The van der Waals surface area contributed by atoms with Crippen molar-refractivity contribution in [3.05, 3.63) is 88.3 Å². The van der Waals surface area contributed by atoms with Crippen molar-refractivity contribution >= 4 is 17.6 Å². The van der Waals surface area contributed by atoms with Gasteiger partial charge in [0.15, 0.2) is 0 Å². The topological polar surface area (TPSA) is 55.8 Å². The molecule has 3 rings (SSSR count). The van der Waals surface area contributed by atoms with Crippen molar-refractivity contribution in [1.82, 2.24) is 0 Å². The van der Waals surface area contributed by atoms with Crippen molar-refractivity contribution < 1.29 is 32.2 Å². The Kier molecular flexibility index (Phi) is 7.49. The van der Waals surface area contributed by atoms with Crippen LogP contribution in [0.4, 0.5) is 18.9 Å². The summed E-state index contributed by atoms with van der Waals surface area (Å²) in [5.74, 6) is -2.55. The lowest BCUT2D eigenvalue weighted by Gasteiger charge is -2.31. The number of carbonyl (C=O) groups excluding carboxylic acids is 2. The second-order valence-corrected chi connectivity index (χ2v) is 7.84. The molecule has 1 aliphatic heterocycles. The van der Waals surface area contributed by atoms with E-state index in [1.807, 2.05) is 32.0 Å². The molecule has 8 heteroatoms. The van der Waals surface area contributed by atoms with Gasteiger partial charge in [0.05, 0.1) is 35.8 Å². The van der Waals surface area contributed by atoms with Gasteiger partial charge in [-0.25, -0.2) is 9.59 Å². The first-order valence-corrected chi connectivity index (χ1v) is 10.9. The van der Waals surface area contributed by atoms with Crippen molar-refractivity contribution in [2.75, 3.05) is 18.1 Å². The van der Waals surface area contributed by atoms with E-state index < -0.39 is 29.6 Å². The molecular formula is C26H26F3NO4. The molecule has 0 aliphatic carbocycles. The minimum atomic E-state index is -4.59. The van der Waals surface area contributed by atoms with E-state index >= 15 is 0 Å². The van der Waals surface area contributed by atoms with Crippen LogP contribution >= 0.6 is 0 Å². The van der Waals surface area contributed by atoms with Crippen molar-refractivity contribution in [2.24, 2.45) is 0 Å². The molecule has 0 atom stereocenters. The van der Waals surface area contributed by atoms with Crippen LogP contribution in [0, 0.1) is 13.8 Å². The molecule has 0 saturated carbocycles. The van der Waals surface area contributed by atoms with Gasteiger partial charge < -0.3 is 14.4 Å². The fourth-order valence-corrected chi connectivity index (χ4v) is 3.71. The van der Waals surface area contributed by atoms with E-state index in [2.05, 4.69) is 0 Å². The van der Waals surface area contributed by atoms with E-state index in [-0.39, 0.29) is 29.9 Å². The molecule has 0 aromatic heterocycles. The number of carbonyl (C=O) groups is 2. The standard InChI is InChI=1S/C26H26F3NO4/c1-5-33-24(31)21-14-30(20-11-10-16(3)17(4)12-20)15-22(25(32)34-6-2)23(21)18-8-7-9-19(13-18)26(27,28)29/h7-15,23H,5-6H2,1-4H3. The first-order chi connectivity index (χ1) is 16.1. The highest BCUT2D eigenvalue weighted by atomic mass is 19.4. The van der Waals surface area contributed by atoms with E-state index in [4.69, 9.17) is 9.47 Å². The van der Waals surface area contributed by atoms with Crippen LogP contribution in [0.5, 0.6) is 0 Å². The van der Waals surface area contributed by atoms with Gasteiger partial charge in [0, 0.05) is 18.1 Å². The molecule has 0 N–H and O–H groups in total. The predicted octanol–water partition coefficient (Wildman–Crippen LogP) is 5.82. The van der Waals surface area contributed by atoms with E-state index in [0.717, 1.165) is 23.3 Å². The summed E-state index contributed by atoms with van der Waals surface area (Å²) in [7, 11) is 0. The number of rotatable bonds is 6. The Bertz CT molecular complexity index is 1110. The highest BCUT2D eigenvalue weighted by Gasteiger charge is 2.38. The molecule has 0 radical (unpaired) electrons. The smallest absolute Gasteiger partial charge is 0.416 e. The molecule has 0 bridgehead atoms. The highest BCUT2D eigenvalue weighted by molar-refractivity contribution is 6.00. The third-order valence-electron chi connectivity index (χ3n) is 5.54. The van der Waals surface area contributed by atoms with Gasteiger partial charge in [-0.1, -0.05) is 24.3 Å². The Labute approximate surface area is 196 Å². The van der Waals surface area contributed by atoms with Crippen LogP contribution in [-0.2, 0) is 25.2 Å². The van der Waals surface area contributed by atoms with Gasteiger partial charge in [-0.05, 0) is 62.6 Å². The summed E-state index contributed by atoms with van der Waals surface area (Å²) in [6, 6.07) is 10.2. The van der Waals surface area contributed by atoms with Crippen LogP contribution in [0.15, 0.2) is 66.0 Å². The molecule has 5 nitrogen and oxygen atoms in total. The fraction of sp³-hybridized carbons (Fsp3) is 0.308. The second kappa shape index (κ2) is 10.2. The lowest BCUT2D eigenvalue weighted by Crippen LogP contribution is -2.29. The molecule has 0 amide bonds. The van der Waals surface area contributed by atoms with Crippen LogP contribution in [0.1, 0.15) is 42.0 Å². The summed E-state index contributed by atoms with van der Waals surface area (Å²) >= 11 is 0. The van der Waals surface area contributed by atoms with Gasteiger partial charge in [-0.3, -0.25) is 0 Å². The third-order valence-corrected chi connectivity index (χ3v) is 5.54. The molecule has 0 saturated heterocycles. The second-order valence-electron chi connectivity index (χ2n) is 7.84. The van der Waals surface area contributed by atoms with Gasteiger partial charge in [-0.15, -0.1) is 0 Å². The van der Waals surface area contributed by atoms with E-state index in [0.29, 0.717) is 5.69 Å². The molecule has 1 heterocycles. The number of anilines is 1. The fourth-order valence-electron chi connectivity index (χ4n) is 3.71. The van der Waals surface area contributed by atoms with Gasteiger partial charge in [0.25, 0.3) is 0 Å². The Morgan fingerprint density at radius 3 is 1.97 bits per heavy atom. The molecule has 34 heavy (non-hydrogen) atoms. The summed E-state index contributed by atoms with van der Waals surface area (Å²) in [6.45, 7) is 7.27. The van der Waals surface area contributed by atoms with E-state index in [9.17, 15) is 22.8 Å². The minimum Gasteiger partial charge on any atom is -0.463 e. The number of halogens is 3. The quantitative estimate of drug-likeness (QED) is 0.495. The summed E-state index contributed by atoms with van der Waals surface area (Å²) in [5, 5.41) is 0. The molecule has 1 aliphatic rings. The maximum Gasteiger partial charge on any atom is 0.416 e. The van der Waals surface area contributed by atoms with Gasteiger partial charge in [0.1, 0.15) is 0 Å². The number of hydrogen-bond acceptors (Lipinski definition) is 5. The maximum absolute atomic E-state index is 13.4. The SMILES string of the molecule is CCOC(=O)C1=CN(c2ccc(C)c(C)c2)C=C(C(=O)OCC)C1c1cccc(C(F)(F)F)c1. The van der Waals surface area contributed by atoms with Crippen LogP contribution in [0.25, 0.3) is 0 Å². The lowest BCUT2D eigenvalue weighted by molar-refractivity contribution is -0.139. The Balaban J connectivity index is 2.22. The highest BCUT2D eigenvalue weighted by Crippen LogP contribution is 2.40. The van der Waals surface area contributed by atoms with Gasteiger partial charge in [-0.2, -0.15) is 13.2 Å².